The van der Waals surface area contributed by atoms with Crippen LogP contribution in [-0.2, 0) is 33.8 Å². The summed E-state index contributed by atoms with van der Waals surface area (Å²) in [5.41, 5.74) is -4.11. The van der Waals surface area contributed by atoms with Crippen LogP contribution in [0.2, 0.25) is 0 Å². The van der Waals surface area contributed by atoms with Crippen LogP contribution in [0.3, 0.4) is 0 Å². The maximum absolute atomic E-state index is 13.5. The molecule has 0 saturated heterocycles. The molecule has 0 bridgehead atoms. The summed E-state index contributed by atoms with van der Waals surface area (Å²) in [4.78, 5) is 24.9. The number of hydrogen-bond donors (Lipinski definition) is 2. The second-order valence-electron chi connectivity index (χ2n) is 11.7. The van der Waals surface area contributed by atoms with Crippen LogP contribution >= 0.6 is 0 Å². The van der Waals surface area contributed by atoms with Gasteiger partial charge in [-0.1, -0.05) is 43.7 Å². The molecule has 4 rings (SSSR count). The van der Waals surface area contributed by atoms with E-state index in [2.05, 4.69) is 5.32 Å². The first kappa shape index (κ1) is 34.5. The maximum Gasteiger partial charge on any atom is 0.416 e. The van der Waals surface area contributed by atoms with Gasteiger partial charge in [0.05, 0.1) is 17.7 Å². The number of benzene rings is 2. The number of nitrogens with one attached hydrogen (secondary N) is 2. The predicted molar refractivity (Wildman–Crippen MR) is 152 cm³/mol. The molecular formula is C30H35F6N3O5S. The Morgan fingerprint density at radius 3 is 2.13 bits per heavy atom. The Labute approximate surface area is 257 Å². The van der Waals surface area contributed by atoms with Crippen LogP contribution in [-0.4, -0.2) is 43.9 Å². The van der Waals surface area contributed by atoms with Gasteiger partial charge in [0.2, 0.25) is 0 Å². The highest BCUT2D eigenvalue weighted by atomic mass is 32.2. The summed E-state index contributed by atoms with van der Waals surface area (Å²) in [5, 5.41) is 2.89. The minimum Gasteiger partial charge on any atom is -0.450 e. The van der Waals surface area contributed by atoms with Crippen molar-refractivity contribution in [2.24, 2.45) is 11.3 Å². The summed E-state index contributed by atoms with van der Waals surface area (Å²) >= 11 is 0. The van der Waals surface area contributed by atoms with Gasteiger partial charge in [0, 0.05) is 24.7 Å². The van der Waals surface area contributed by atoms with Crippen molar-refractivity contribution in [2.45, 2.75) is 76.8 Å². The van der Waals surface area contributed by atoms with Gasteiger partial charge in [-0.2, -0.15) is 39.1 Å². The third-order valence-electron chi connectivity index (χ3n) is 8.39. The molecule has 0 aliphatic heterocycles. The standard InChI is InChI=1S/C30H35F6N3O5S/c1-2-3-13-44-27(41)37-25-17-28(25)11-9-21(10-12-28)19-39(18-20-7-5-4-6-8-20)45(42,43)38-26(40)22-14-23(29(31,32)33)16-24(15-22)30(34,35)36/h4-8,14-16,21,25H,2-3,9-13,17-19H2,1H3,(H,37,41)(H,38,40). The number of alkyl halides is 6. The molecule has 2 saturated carbocycles. The fraction of sp³-hybridized carbons (Fsp3) is 0.533. The number of rotatable bonds is 11. The second kappa shape index (κ2) is 13.6. The van der Waals surface area contributed by atoms with Crippen molar-refractivity contribution in [3.63, 3.8) is 0 Å². The summed E-state index contributed by atoms with van der Waals surface area (Å²) in [6, 6.07) is 8.57. The Hall–Kier alpha value is -3.33. The molecule has 1 spiro atoms. The fourth-order valence-corrected chi connectivity index (χ4v) is 6.89. The molecule has 0 heterocycles. The Balaban J connectivity index is 1.46. The molecule has 8 nitrogen and oxygen atoms in total. The zero-order chi connectivity index (χ0) is 33.0. The quantitative estimate of drug-likeness (QED) is 0.206. The van der Waals surface area contributed by atoms with Crippen molar-refractivity contribution in [3.05, 3.63) is 70.8 Å². The lowest BCUT2D eigenvalue weighted by Gasteiger charge is -2.33. The van der Waals surface area contributed by atoms with Gasteiger partial charge >= 0.3 is 28.7 Å². The topological polar surface area (TPSA) is 105 Å². The van der Waals surface area contributed by atoms with E-state index < -0.39 is 51.3 Å². The minimum absolute atomic E-state index is 0.0370. The van der Waals surface area contributed by atoms with Crippen LogP contribution in [0.25, 0.3) is 0 Å². The molecule has 248 valence electrons. The van der Waals surface area contributed by atoms with E-state index in [0.717, 1.165) is 23.6 Å². The first-order chi connectivity index (χ1) is 21.0. The summed E-state index contributed by atoms with van der Waals surface area (Å²) in [5.74, 6) is -1.76. The number of nitrogens with zero attached hydrogens (tertiary/aromatic N) is 1. The SMILES string of the molecule is CCCCOC(=O)NC1CC12CCC(CN(Cc1ccccc1)S(=O)(=O)NC(=O)c1cc(C(F)(F)F)cc(C(F)(F)F)c1)CC2. The molecule has 2 aliphatic carbocycles. The molecule has 2 aromatic carbocycles. The van der Waals surface area contributed by atoms with Gasteiger partial charge < -0.3 is 10.1 Å². The number of halogens is 6. The molecule has 2 amide bonds. The predicted octanol–water partition coefficient (Wildman–Crippen LogP) is 6.68. The Morgan fingerprint density at radius 1 is 0.978 bits per heavy atom. The van der Waals surface area contributed by atoms with Crippen LogP contribution in [0, 0.1) is 11.3 Å². The van der Waals surface area contributed by atoms with E-state index in [1.165, 1.54) is 0 Å². The van der Waals surface area contributed by atoms with Crippen LogP contribution in [0.15, 0.2) is 48.5 Å². The highest BCUT2D eigenvalue weighted by Gasteiger charge is 2.56. The van der Waals surface area contributed by atoms with Crippen LogP contribution in [0.5, 0.6) is 0 Å². The van der Waals surface area contributed by atoms with E-state index in [1.807, 2.05) is 6.92 Å². The highest BCUT2D eigenvalue weighted by molar-refractivity contribution is 7.87. The van der Waals surface area contributed by atoms with Crippen molar-refractivity contribution >= 4 is 22.2 Å². The lowest BCUT2D eigenvalue weighted by Crippen LogP contribution is -2.45. The van der Waals surface area contributed by atoms with Crippen LogP contribution in [0.4, 0.5) is 31.1 Å². The largest absolute Gasteiger partial charge is 0.450 e. The molecule has 2 fully saturated rings. The molecule has 2 N–H and O–H groups in total. The van der Waals surface area contributed by atoms with E-state index in [-0.39, 0.29) is 48.7 Å². The molecule has 1 unspecified atom stereocenters. The average molecular weight is 664 g/mol. The van der Waals surface area contributed by atoms with Crippen molar-refractivity contribution in [2.75, 3.05) is 13.2 Å². The van der Waals surface area contributed by atoms with Gasteiger partial charge in [0.1, 0.15) is 0 Å². The number of carbonyl (C=O) groups excluding carboxylic acids is 2. The van der Waals surface area contributed by atoms with Crippen molar-refractivity contribution in [1.82, 2.24) is 14.3 Å². The van der Waals surface area contributed by atoms with Gasteiger partial charge in [-0.25, -0.2) is 9.52 Å². The number of unbranched alkanes of at least 4 members (excludes halogenated alkanes) is 1. The Bertz CT molecular complexity index is 1430. The smallest absolute Gasteiger partial charge is 0.416 e. The second-order valence-corrected chi connectivity index (χ2v) is 13.4. The Kier molecular flexibility index (Phi) is 10.4. The Morgan fingerprint density at radius 2 is 1.58 bits per heavy atom. The van der Waals surface area contributed by atoms with Gasteiger partial charge in [0.15, 0.2) is 0 Å². The lowest BCUT2D eigenvalue weighted by atomic mass is 9.79. The molecule has 1 atom stereocenters. The van der Waals surface area contributed by atoms with E-state index in [4.69, 9.17) is 4.74 Å². The molecular weight excluding hydrogens is 628 g/mol. The molecule has 15 heteroatoms. The summed E-state index contributed by atoms with van der Waals surface area (Å²) in [6.07, 6.45) is -5.79. The van der Waals surface area contributed by atoms with Crippen molar-refractivity contribution in [3.8, 4) is 0 Å². The first-order valence-corrected chi connectivity index (χ1v) is 16.1. The summed E-state index contributed by atoms with van der Waals surface area (Å²) in [6.45, 7) is 2.10. The zero-order valence-electron chi connectivity index (χ0n) is 24.5. The molecule has 2 aromatic rings. The minimum atomic E-state index is -5.21. The van der Waals surface area contributed by atoms with E-state index in [0.29, 0.717) is 37.9 Å². The normalized spacial score (nSPS) is 21.9. The van der Waals surface area contributed by atoms with E-state index in [9.17, 15) is 44.3 Å². The number of hydrogen-bond acceptors (Lipinski definition) is 5. The first-order valence-electron chi connectivity index (χ1n) is 14.6. The fourth-order valence-electron chi connectivity index (χ4n) is 5.68. The molecule has 0 aromatic heterocycles. The maximum atomic E-state index is 13.5. The van der Waals surface area contributed by atoms with Gasteiger partial charge in [-0.3, -0.25) is 4.79 Å². The number of alkyl carbamates (subject to hydrolysis) is 1. The van der Waals surface area contributed by atoms with E-state index in [1.54, 1.807) is 35.1 Å². The summed E-state index contributed by atoms with van der Waals surface area (Å²) < 4.78 is 115. The third-order valence-corrected chi connectivity index (χ3v) is 9.79. The number of amides is 2. The van der Waals surface area contributed by atoms with Gasteiger partial charge in [0.25, 0.3) is 5.91 Å². The molecule has 45 heavy (non-hydrogen) atoms. The van der Waals surface area contributed by atoms with Crippen molar-refractivity contribution in [1.29, 1.82) is 0 Å². The molecule has 2 aliphatic rings. The average Bonchev–Trinajstić information content (AvgIpc) is 3.63. The monoisotopic (exact) mass is 663 g/mol. The van der Waals surface area contributed by atoms with Gasteiger partial charge in [-0.15, -0.1) is 0 Å². The van der Waals surface area contributed by atoms with Crippen LogP contribution in [0.1, 0.15) is 78.9 Å². The lowest BCUT2D eigenvalue weighted by molar-refractivity contribution is -0.143. The third kappa shape index (κ3) is 9.12. The number of ether oxygens (including phenoxy) is 1. The zero-order valence-corrected chi connectivity index (χ0v) is 25.3. The van der Waals surface area contributed by atoms with Crippen LogP contribution < -0.4 is 10.0 Å². The highest BCUT2D eigenvalue weighted by Crippen LogP contribution is 2.57. The van der Waals surface area contributed by atoms with Crippen molar-refractivity contribution < 1.29 is 49.1 Å². The summed E-state index contributed by atoms with van der Waals surface area (Å²) in [7, 11) is -4.72. The van der Waals surface area contributed by atoms with Gasteiger partial charge in [-0.05, 0) is 73.6 Å². The number of carbonyl (C=O) groups is 2. The molecule has 0 radical (unpaired) electrons. The van der Waals surface area contributed by atoms with E-state index >= 15 is 0 Å².